The Balaban J connectivity index is 1.44. The Kier molecular flexibility index (Phi) is 5.48. The van der Waals surface area contributed by atoms with Gasteiger partial charge in [-0.2, -0.15) is 0 Å². The smallest absolute Gasteiger partial charge is 0.259 e. The molecule has 1 aromatic carbocycles. The van der Waals surface area contributed by atoms with Crippen molar-refractivity contribution in [3.63, 3.8) is 0 Å². The van der Waals surface area contributed by atoms with Crippen molar-refractivity contribution in [1.82, 2.24) is 20.8 Å². The maximum absolute atomic E-state index is 13.6. The summed E-state index contributed by atoms with van der Waals surface area (Å²) in [6.45, 7) is 3.68. The number of carbonyl (C=O) groups excluding carboxylic acids is 2. The van der Waals surface area contributed by atoms with E-state index in [0.717, 1.165) is 0 Å². The summed E-state index contributed by atoms with van der Waals surface area (Å²) in [6.07, 6.45) is 1.51. The van der Waals surface area contributed by atoms with Crippen LogP contribution in [0.4, 0.5) is 4.39 Å². The van der Waals surface area contributed by atoms with E-state index in [0.29, 0.717) is 33.7 Å². The summed E-state index contributed by atoms with van der Waals surface area (Å²) >= 11 is 0. The Labute approximate surface area is 176 Å². The van der Waals surface area contributed by atoms with Gasteiger partial charge in [0, 0.05) is 18.7 Å². The highest BCUT2D eigenvalue weighted by molar-refractivity contribution is 6.06. The average Bonchev–Trinajstić information content (AvgIpc) is 3.42. The van der Waals surface area contributed by atoms with Crippen LogP contribution in [0.3, 0.4) is 0 Å². The van der Waals surface area contributed by atoms with Crippen molar-refractivity contribution in [2.24, 2.45) is 0 Å². The van der Waals surface area contributed by atoms with Gasteiger partial charge in [0.05, 0.1) is 22.9 Å². The molecule has 0 fully saturated rings. The number of aryl methyl sites for hydroxylation is 2. The molecule has 31 heavy (non-hydrogen) atoms. The molecule has 0 saturated heterocycles. The lowest BCUT2D eigenvalue weighted by Gasteiger charge is -2.09. The fraction of sp³-hybridized carbons (Fsp3) is 0.182. The predicted octanol–water partition coefficient (Wildman–Crippen LogP) is 3.40. The number of halogens is 1. The lowest BCUT2D eigenvalue weighted by atomic mass is 10.1. The molecule has 4 rings (SSSR count). The van der Waals surface area contributed by atoms with Crippen LogP contribution in [-0.4, -0.2) is 35.0 Å². The van der Waals surface area contributed by atoms with Crippen molar-refractivity contribution in [1.29, 1.82) is 0 Å². The zero-order valence-corrected chi connectivity index (χ0v) is 16.9. The van der Waals surface area contributed by atoms with Crippen LogP contribution in [0.1, 0.15) is 32.0 Å². The number of fused-ring (bicyclic) bond motifs is 1. The summed E-state index contributed by atoms with van der Waals surface area (Å²) < 4.78 is 24.2. The minimum absolute atomic E-state index is 0.169. The standard InChI is InChI=1S/C22H19FN4O4/c1-12-5-6-14(10-16(12)23)20(28)24-7-8-25-21(29)15-11-17(18-4-3-9-30-18)26-22-19(15)13(2)27-31-22/h3-6,9-11H,7-8H2,1-2H3,(H,24,28)(H,25,29). The van der Waals surface area contributed by atoms with E-state index in [1.54, 1.807) is 44.2 Å². The molecule has 0 radical (unpaired) electrons. The van der Waals surface area contributed by atoms with Crippen molar-refractivity contribution in [2.45, 2.75) is 13.8 Å². The predicted molar refractivity (Wildman–Crippen MR) is 110 cm³/mol. The Morgan fingerprint density at radius 3 is 2.55 bits per heavy atom. The molecule has 0 bridgehead atoms. The molecule has 2 amide bonds. The van der Waals surface area contributed by atoms with Gasteiger partial charge in [0.15, 0.2) is 5.76 Å². The lowest BCUT2D eigenvalue weighted by Crippen LogP contribution is -2.34. The van der Waals surface area contributed by atoms with Gasteiger partial charge in [0.2, 0.25) is 0 Å². The Hall–Kier alpha value is -4.01. The van der Waals surface area contributed by atoms with Crippen molar-refractivity contribution >= 4 is 22.9 Å². The Morgan fingerprint density at radius 2 is 1.84 bits per heavy atom. The molecule has 3 aromatic heterocycles. The van der Waals surface area contributed by atoms with Crippen LogP contribution in [-0.2, 0) is 0 Å². The molecule has 0 spiro atoms. The molecule has 0 saturated carbocycles. The lowest BCUT2D eigenvalue weighted by molar-refractivity contribution is 0.0928. The van der Waals surface area contributed by atoms with Gasteiger partial charge >= 0.3 is 0 Å². The van der Waals surface area contributed by atoms with Crippen molar-refractivity contribution in [2.75, 3.05) is 13.1 Å². The highest BCUT2D eigenvalue weighted by atomic mass is 19.1. The summed E-state index contributed by atoms with van der Waals surface area (Å²) in [5.41, 5.74) is 2.22. The van der Waals surface area contributed by atoms with Crippen LogP contribution < -0.4 is 10.6 Å². The summed E-state index contributed by atoms with van der Waals surface area (Å²) in [5.74, 6) is -0.752. The molecule has 3 heterocycles. The highest BCUT2D eigenvalue weighted by Gasteiger charge is 2.20. The molecule has 0 aliphatic heterocycles. The van der Waals surface area contributed by atoms with Gasteiger partial charge < -0.3 is 19.6 Å². The number of furan rings is 1. The van der Waals surface area contributed by atoms with E-state index in [2.05, 4.69) is 20.8 Å². The number of carbonyl (C=O) groups is 2. The molecule has 158 valence electrons. The monoisotopic (exact) mass is 422 g/mol. The first-order valence-corrected chi connectivity index (χ1v) is 9.57. The molecular formula is C22H19FN4O4. The third-order valence-corrected chi connectivity index (χ3v) is 4.77. The number of pyridine rings is 1. The van der Waals surface area contributed by atoms with Gasteiger partial charge in [-0.3, -0.25) is 9.59 Å². The molecule has 0 atom stereocenters. The number of nitrogens with one attached hydrogen (secondary N) is 2. The molecule has 4 aromatic rings. The second kappa shape index (κ2) is 8.39. The number of benzene rings is 1. The minimum atomic E-state index is -0.445. The van der Waals surface area contributed by atoms with Crippen LogP contribution in [0.2, 0.25) is 0 Å². The van der Waals surface area contributed by atoms with E-state index in [1.807, 2.05) is 0 Å². The van der Waals surface area contributed by atoms with E-state index in [1.165, 1.54) is 12.3 Å². The maximum atomic E-state index is 13.6. The number of hydrogen-bond donors (Lipinski definition) is 2. The van der Waals surface area contributed by atoms with Crippen LogP contribution in [0.15, 0.2) is 51.6 Å². The quantitative estimate of drug-likeness (QED) is 0.461. The van der Waals surface area contributed by atoms with Crippen molar-refractivity contribution < 1.29 is 22.9 Å². The van der Waals surface area contributed by atoms with E-state index in [-0.39, 0.29) is 30.3 Å². The summed E-state index contributed by atoms with van der Waals surface area (Å²) in [7, 11) is 0. The van der Waals surface area contributed by atoms with Gasteiger partial charge in [-0.05, 0) is 49.7 Å². The van der Waals surface area contributed by atoms with E-state index in [9.17, 15) is 14.0 Å². The number of rotatable bonds is 6. The fourth-order valence-electron chi connectivity index (χ4n) is 3.11. The van der Waals surface area contributed by atoms with Crippen LogP contribution >= 0.6 is 0 Å². The van der Waals surface area contributed by atoms with Crippen LogP contribution in [0.5, 0.6) is 0 Å². The van der Waals surface area contributed by atoms with Crippen LogP contribution in [0.25, 0.3) is 22.6 Å². The molecule has 9 heteroatoms. The summed E-state index contributed by atoms with van der Waals surface area (Å²) in [5, 5.41) is 9.80. The zero-order valence-electron chi connectivity index (χ0n) is 16.9. The number of amides is 2. The molecular weight excluding hydrogens is 403 g/mol. The normalized spacial score (nSPS) is 10.9. The third kappa shape index (κ3) is 4.16. The molecule has 8 nitrogen and oxygen atoms in total. The van der Waals surface area contributed by atoms with Gasteiger partial charge in [-0.25, -0.2) is 9.37 Å². The van der Waals surface area contributed by atoms with E-state index >= 15 is 0 Å². The largest absolute Gasteiger partial charge is 0.463 e. The maximum Gasteiger partial charge on any atom is 0.259 e. The van der Waals surface area contributed by atoms with Crippen molar-refractivity contribution in [3.05, 3.63) is 70.9 Å². The molecule has 0 aliphatic carbocycles. The molecule has 2 N–H and O–H groups in total. The fourth-order valence-corrected chi connectivity index (χ4v) is 3.11. The summed E-state index contributed by atoms with van der Waals surface area (Å²) in [4.78, 5) is 29.3. The first-order valence-electron chi connectivity index (χ1n) is 9.57. The van der Waals surface area contributed by atoms with Gasteiger partial charge in [0.25, 0.3) is 17.5 Å². The average molecular weight is 422 g/mol. The zero-order chi connectivity index (χ0) is 22.0. The van der Waals surface area contributed by atoms with E-state index in [4.69, 9.17) is 8.94 Å². The highest BCUT2D eigenvalue weighted by Crippen LogP contribution is 2.27. The first kappa shape index (κ1) is 20.3. The minimum Gasteiger partial charge on any atom is -0.463 e. The second-order valence-electron chi connectivity index (χ2n) is 6.96. The summed E-state index contributed by atoms with van der Waals surface area (Å²) in [6, 6.07) is 9.32. The second-order valence-corrected chi connectivity index (χ2v) is 6.96. The van der Waals surface area contributed by atoms with Gasteiger partial charge in [-0.15, -0.1) is 0 Å². The van der Waals surface area contributed by atoms with Crippen LogP contribution in [0, 0.1) is 19.7 Å². The first-order chi connectivity index (χ1) is 14.9. The van der Waals surface area contributed by atoms with Crippen molar-refractivity contribution in [3.8, 4) is 11.5 Å². The SMILES string of the molecule is Cc1ccc(C(=O)NCCNC(=O)c2cc(-c3ccco3)nc3onc(C)c23)cc1F. The topological polar surface area (TPSA) is 110 Å². The number of aromatic nitrogens is 2. The number of nitrogens with zero attached hydrogens (tertiary/aromatic N) is 2. The molecule has 0 aliphatic rings. The molecule has 0 unspecified atom stereocenters. The Morgan fingerprint density at radius 1 is 1.06 bits per heavy atom. The van der Waals surface area contributed by atoms with Gasteiger partial charge in [0.1, 0.15) is 11.5 Å². The third-order valence-electron chi connectivity index (χ3n) is 4.77. The Bertz CT molecular complexity index is 1260. The number of hydrogen-bond acceptors (Lipinski definition) is 6. The van der Waals surface area contributed by atoms with E-state index < -0.39 is 11.7 Å². The van der Waals surface area contributed by atoms with Gasteiger partial charge in [-0.1, -0.05) is 11.2 Å².